The van der Waals surface area contributed by atoms with E-state index in [1.165, 1.54) is 6.07 Å². The van der Waals surface area contributed by atoms with Crippen LogP contribution in [0.25, 0.3) is 0 Å². The third-order valence-electron chi connectivity index (χ3n) is 5.59. The second-order valence-corrected chi connectivity index (χ2v) is 8.24. The Morgan fingerprint density at radius 2 is 2.06 bits per heavy atom. The van der Waals surface area contributed by atoms with Gasteiger partial charge in [-0.15, -0.1) is 0 Å². The van der Waals surface area contributed by atoms with Crippen LogP contribution in [0.5, 0.6) is 5.75 Å². The van der Waals surface area contributed by atoms with Gasteiger partial charge in [0, 0.05) is 42.6 Å². The molecule has 1 atom stereocenters. The molecule has 0 radical (unpaired) electrons. The van der Waals surface area contributed by atoms with Gasteiger partial charge >= 0.3 is 0 Å². The lowest BCUT2D eigenvalue weighted by Gasteiger charge is -2.16. The molecular weight excluding hydrogens is 417 g/mol. The number of ether oxygens (including phenoxy) is 1. The van der Waals surface area contributed by atoms with Crippen LogP contribution in [0, 0.1) is 5.82 Å². The van der Waals surface area contributed by atoms with Crippen molar-refractivity contribution in [1.29, 1.82) is 0 Å². The van der Waals surface area contributed by atoms with E-state index < -0.39 is 0 Å². The number of H-pyrrole nitrogens is 1. The molecule has 0 unspecified atom stereocenters. The van der Waals surface area contributed by atoms with Crippen LogP contribution >= 0.6 is 11.6 Å². The number of hydrogen-bond donors (Lipinski definition) is 1. The average molecular weight is 442 g/mol. The Morgan fingerprint density at radius 1 is 1.19 bits per heavy atom. The van der Waals surface area contributed by atoms with Crippen molar-refractivity contribution < 1.29 is 13.9 Å². The first-order valence-corrected chi connectivity index (χ1v) is 10.9. The molecule has 2 aromatic carbocycles. The summed E-state index contributed by atoms with van der Waals surface area (Å²) in [5.74, 6) is 0.285. The molecule has 0 aliphatic carbocycles. The van der Waals surface area contributed by atoms with Crippen molar-refractivity contribution in [3.05, 3.63) is 82.4 Å². The van der Waals surface area contributed by atoms with Gasteiger partial charge in [-0.3, -0.25) is 9.89 Å². The zero-order valence-corrected chi connectivity index (χ0v) is 17.9. The zero-order chi connectivity index (χ0) is 21.6. The first-order chi connectivity index (χ1) is 15.1. The SMILES string of the molecule is O=C(CCc1cccc(Cl)c1)N1CC[C@@H](c2cc(CCOc3ccccc3F)[nH]n2)C1. The molecule has 1 fully saturated rings. The Bertz CT molecular complexity index is 1040. The minimum Gasteiger partial charge on any atom is -0.490 e. The molecule has 2 heterocycles. The second kappa shape index (κ2) is 9.96. The van der Waals surface area contributed by atoms with E-state index in [1.807, 2.05) is 35.2 Å². The number of aromatic nitrogens is 2. The second-order valence-electron chi connectivity index (χ2n) is 7.80. The van der Waals surface area contributed by atoms with Crippen molar-refractivity contribution in [3.63, 3.8) is 0 Å². The average Bonchev–Trinajstić information content (AvgIpc) is 3.43. The highest BCUT2D eigenvalue weighted by atomic mass is 35.5. The van der Waals surface area contributed by atoms with Crippen LogP contribution in [-0.2, 0) is 17.6 Å². The first kappa shape index (κ1) is 21.4. The summed E-state index contributed by atoms with van der Waals surface area (Å²) < 4.78 is 19.1. The highest BCUT2D eigenvalue weighted by Crippen LogP contribution is 2.27. The van der Waals surface area contributed by atoms with Gasteiger partial charge in [-0.1, -0.05) is 35.9 Å². The fourth-order valence-electron chi connectivity index (χ4n) is 3.88. The van der Waals surface area contributed by atoms with Gasteiger partial charge in [-0.2, -0.15) is 5.10 Å². The molecule has 1 aliphatic rings. The van der Waals surface area contributed by atoms with Crippen LogP contribution in [0.1, 0.15) is 35.7 Å². The number of carbonyl (C=O) groups excluding carboxylic acids is 1. The molecule has 7 heteroatoms. The van der Waals surface area contributed by atoms with Gasteiger partial charge in [0.1, 0.15) is 0 Å². The summed E-state index contributed by atoms with van der Waals surface area (Å²) in [6, 6.07) is 16.0. The fourth-order valence-corrected chi connectivity index (χ4v) is 4.09. The van der Waals surface area contributed by atoms with Gasteiger partial charge in [-0.05, 0) is 48.7 Å². The number of carbonyl (C=O) groups is 1. The van der Waals surface area contributed by atoms with E-state index in [-0.39, 0.29) is 23.4 Å². The van der Waals surface area contributed by atoms with Crippen LogP contribution in [0.3, 0.4) is 0 Å². The van der Waals surface area contributed by atoms with E-state index in [4.69, 9.17) is 16.3 Å². The standard InChI is InChI=1S/C24H25ClFN3O2/c25-19-5-3-4-17(14-19)8-9-24(30)29-12-10-18(16-29)22-15-20(27-28-22)11-13-31-23-7-2-1-6-21(23)26/h1-7,14-15,18H,8-13,16H2,(H,27,28)/t18-/m1/s1. The van der Waals surface area contributed by atoms with Crippen LogP contribution in [-0.4, -0.2) is 40.7 Å². The lowest BCUT2D eigenvalue weighted by Crippen LogP contribution is -2.28. The zero-order valence-electron chi connectivity index (χ0n) is 17.2. The number of nitrogens with one attached hydrogen (secondary N) is 1. The van der Waals surface area contributed by atoms with Crippen molar-refractivity contribution in [3.8, 4) is 5.75 Å². The summed E-state index contributed by atoms with van der Waals surface area (Å²) in [6.07, 6.45) is 2.68. The highest BCUT2D eigenvalue weighted by Gasteiger charge is 2.28. The molecule has 4 rings (SSSR count). The van der Waals surface area contributed by atoms with E-state index in [0.29, 0.717) is 37.4 Å². The van der Waals surface area contributed by atoms with Crippen molar-refractivity contribution in [1.82, 2.24) is 15.1 Å². The molecule has 3 aromatic rings. The minimum atomic E-state index is -0.362. The van der Waals surface area contributed by atoms with E-state index in [9.17, 15) is 9.18 Å². The van der Waals surface area contributed by atoms with Gasteiger partial charge < -0.3 is 9.64 Å². The molecule has 31 heavy (non-hydrogen) atoms. The Labute approximate surface area is 186 Å². The van der Waals surface area contributed by atoms with Gasteiger partial charge in [-0.25, -0.2) is 4.39 Å². The van der Waals surface area contributed by atoms with Crippen LogP contribution in [0.2, 0.25) is 5.02 Å². The molecule has 1 aliphatic heterocycles. The van der Waals surface area contributed by atoms with Crippen LogP contribution in [0.15, 0.2) is 54.6 Å². The Morgan fingerprint density at radius 3 is 2.90 bits per heavy atom. The van der Waals surface area contributed by atoms with Crippen molar-refractivity contribution in [2.24, 2.45) is 0 Å². The van der Waals surface area contributed by atoms with E-state index in [2.05, 4.69) is 10.2 Å². The lowest BCUT2D eigenvalue weighted by atomic mass is 10.0. The number of hydrogen-bond acceptors (Lipinski definition) is 3. The number of nitrogens with zero attached hydrogens (tertiary/aromatic N) is 2. The summed E-state index contributed by atoms with van der Waals surface area (Å²) in [4.78, 5) is 14.5. The smallest absolute Gasteiger partial charge is 0.222 e. The first-order valence-electron chi connectivity index (χ1n) is 10.5. The topological polar surface area (TPSA) is 58.2 Å². The molecule has 1 aromatic heterocycles. The van der Waals surface area contributed by atoms with Crippen molar-refractivity contribution in [2.75, 3.05) is 19.7 Å². The van der Waals surface area contributed by atoms with E-state index >= 15 is 0 Å². The molecule has 5 nitrogen and oxygen atoms in total. The maximum absolute atomic E-state index is 13.6. The minimum absolute atomic E-state index is 0.163. The van der Waals surface area contributed by atoms with Crippen LogP contribution in [0.4, 0.5) is 4.39 Å². The summed E-state index contributed by atoms with van der Waals surface area (Å²) >= 11 is 6.02. The maximum Gasteiger partial charge on any atom is 0.222 e. The molecule has 1 N–H and O–H groups in total. The summed E-state index contributed by atoms with van der Waals surface area (Å²) in [7, 11) is 0. The summed E-state index contributed by atoms with van der Waals surface area (Å²) in [5, 5.41) is 8.17. The van der Waals surface area contributed by atoms with Crippen LogP contribution < -0.4 is 4.74 Å². The number of likely N-dealkylation sites (tertiary alicyclic amines) is 1. The molecule has 1 saturated heterocycles. The quantitative estimate of drug-likeness (QED) is 0.547. The van der Waals surface area contributed by atoms with E-state index in [0.717, 1.165) is 29.9 Å². The van der Waals surface area contributed by atoms with Crippen molar-refractivity contribution >= 4 is 17.5 Å². The number of rotatable bonds is 8. The number of amides is 1. The third kappa shape index (κ3) is 5.64. The predicted octanol–water partition coefficient (Wildman–Crippen LogP) is 4.77. The number of para-hydroxylation sites is 1. The normalized spacial score (nSPS) is 15.9. The predicted molar refractivity (Wildman–Crippen MR) is 118 cm³/mol. The van der Waals surface area contributed by atoms with Gasteiger partial charge in [0.05, 0.1) is 12.3 Å². The summed E-state index contributed by atoms with van der Waals surface area (Å²) in [5.41, 5.74) is 2.98. The summed E-state index contributed by atoms with van der Waals surface area (Å²) in [6.45, 7) is 1.80. The highest BCUT2D eigenvalue weighted by molar-refractivity contribution is 6.30. The monoisotopic (exact) mass is 441 g/mol. The Hall–Kier alpha value is -2.86. The van der Waals surface area contributed by atoms with E-state index in [1.54, 1.807) is 18.2 Å². The molecule has 162 valence electrons. The molecule has 0 saturated carbocycles. The van der Waals surface area contributed by atoms with Gasteiger partial charge in [0.2, 0.25) is 5.91 Å². The van der Waals surface area contributed by atoms with Gasteiger partial charge in [0.25, 0.3) is 0 Å². The Kier molecular flexibility index (Phi) is 6.87. The fraction of sp³-hybridized carbons (Fsp3) is 0.333. The number of aryl methyl sites for hydroxylation is 1. The Balaban J connectivity index is 1.24. The molecule has 0 bridgehead atoms. The third-order valence-corrected chi connectivity index (χ3v) is 5.83. The van der Waals surface area contributed by atoms with Gasteiger partial charge in [0.15, 0.2) is 11.6 Å². The molecular formula is C24H25ClFN3O2. The largest absolute Gasteiger partial charge is 0.490 e. The maximum atomic E-state index is 13.6. The number of halogens is 2. The molecule has 1 amide bonds. The molecule has 0 spiro atoms. The lowest BCUT2D eigenvalue weighted by molar-refractivity contribution is -0.130. The number of benzene rings is 2. The number of aromatic amines is 1. The van der Waals surface area contributed by atoms with Crippen molar-refractivity contribution in [2.45, 2.75) is 31.6 Å².